The first-order valence-electron chi connectivity index (χ1n) is 7.05. The maximum absolute atomic E-state index is 12.3. The Morgan fingerprint density at radius 2 is 1.65 bits per heavy atom. The molecule has 0 aliphatic rings. The van der Waals surface area contributed by atoms with Crippen LogP contribution in [0.25, 0.3) is 0 Å². The molecule has 2 aromatic rings. The molecule has 0 radical (unpaired) electrons. The topological polar surface area (TPSA) is 69.6 Å². The van der Waals surface area contributed by atoms with Gasteiger partial charge in [-0.3, -0.25) is 4.79 Å². The van der Waals surface area contributed by atoms with E-state index in [4.69, 9.17) is 23.2 Å². The predicted octanol–water partition coefficient (Wildman–Crippen LogP) is 2.95. The summed E-state index contributed by atoms with van der Waals surface area (Å²) in [5.74, 6) is -0.550. The quantitative estimate of drug-likeness (QED) is 0.723. The number of halogens is 2. The SMILES string of the molecule is Cc1ccc(C[C@H](NC(=O)c2c(Cl)cccc2Cl)C(O)O)cc1. The van der Waals surface area contributed by atoms with Crippen molar-refractivity contribution in [1.82, 2.24) is 5.32 Å². The Morgan fingerprint density at radius 3 is 2.17 bits per heavy atom. The number of nitrogens with one attached hydrogen (secondary N) is 1. The number of aliphatic hydroxyl groups excluding tert-OH is 1. The Labute approximate surface area is 144 Å². The minimum Gasteiger partial charge on any atom is -0.366 e. The number of hydrogen-bond donors (Lipinski definition) is 3. The van der Waals surface area contributed by atoms with Crippen molar-refractivity contribution in [2.45, 2.75) is 25.7 Å². The van der Waals surface area contributed by atoms with Crippen LogP contribution in [0.2, 0.25) is 10.0 Å². The molecule has 0 saturated carbocycles. The summed E-state index contributed by atoms with van der Waals surface area (Å²) in [6.07, 6.45) is -1.44. The van der Waals surface area contributed by atoms with Gasteiger partial charge in [0.15, 0.2) is 6.29 Å². The summed E-state index contributed by atoms with van der Waals surface area (Å²) in [5.41, 5.74) is 2.09. The summed E-state index contributed by atoms with van der Waals surface area (Å²) in [6.45, 7) is 1.96. The van der Waals surface area contributed by atoms with Gasteiger partial charge >= 0.3 is 0 Å². The molecule has 1 amide bonds. The highest BCUT2D eigenvalue weighted by Crippen LogP contribution is 2.24. The summed E-state index contributed by atoms with van der Waals surface area (Å²) in [6, 6.07) is 11.4. The molecule has 0 aliphatic carbocycles. The van der Waals surface area contributed by atoms with Crippen LogP contribution in [0.5, 0.6) is 0 Å². The zero-order valence-electron chi connectivity index (χ0n) is 12.5. The molecule has 2 rings (SSSR count). The normalized spacial score (nSPS) is 12.3. The number of aryl methyl sites for hydroxylation is 1. The lowest BCUT2D eigenvalue weighted by atomic mass is 10.0. The molecule has 122 valence electrons. The maximum Gasteiger partial charge on any atom is 0.254 e. The fourth-order valence-electron chi connectivity index (χ4n) is 2.16. The number of carbonyl (C=O) groups is 1. The van der Waals surface area contributed by atoms with E-state index in [0.29, 0.717) is 0 Å². The number of amides is 1. The van der Waals surface area contributed by atoms with Crippen molar-refractivity contribution in [3.8, 4) is 0 Å². The van der Waals surface area contributed by atoms with E-state index in [2.05, 4.69) is 5.32 Å². The molecule has 0 heterocycles. The van der Waals surface area contributed by atoms with Crippen molar-refractivity contribution in [2.75, 3.05) is 0 Å². The van der Waals surface area contributed by atoms with Crippen LogP contribution in [-0.4, -0.2) is 28.5 Å². The smallest absolute Gasteiger partial charge is 0.254 e. The molecule has 0 aromatic heterocycles. The average Bonchev–Trinajstić information content (AvgIpc) is 2.48. The third kappa shape index (κ3) is 4.69. The second-order valence-electron chi connectivity index (χ2n) is 5.28. The van der Waals surface area contributed by atoms with Gasteiger partial charge in [0, 0.05) is 0 Å². The lowest BCUT2D eigenvalue weighted by Crippen LogP contribution is -2.45. The largest absolute Gasteiger partial charge is 0.366 e. The molecule has 0 saturated heterocycles. The molecule has 0 unspecified atom stereocenters. The Bertz CT molecular complexity index is 666. The average molecular weight is 354 g/mol. The molecule has 2 aromatic carbocycles. The Hall–Kier alpha value is -1.59. The zero-order valence-corrected chi connectivity index (χ0v) is 14.0. The number of hydrogen-bond acceptors (Lipinski definition) is 3. The van der Waals surface area contributed by atoms with Crippen LogP contribution in [0.1, 0.15) is 21.5 Å². The first-order chi connectivity index (χ1) is 10.9. The van der Waals surface area contributed by atoms with E-state index in [0.717, 1.165) is 11.1 Å². The number of aliphatic hydroxyl groups is 2. The fraction of sp³-hybridized carbons (Fsp3) is 0.235. The highest BCUT2D eigenvalue weighted by atomic mass is 35.5. The molecule has 0 fully saturated rings. The van der Waals surface area contributed by atoms with Crippen molar-refractivity contribution in [2.24, 2.45) is 0 Å². The first-order valence-corrected chi connectivity index (χ1v) is 7.80. The van der Waals surface area contributed by atoms with E-state index in [1.54, 1.807) is 18.2 Å². The van der Waals surface area contributed by atoms with Gasteiger partial charge in [-0.1, -0.05) is 59.1 Å². The van der Waals surface area contributed by atoms with Gasteiger partial charge in [-0.05, 0) is 31.0 Å². The van der Waals surface area contributed by atoms with Crippen molar-refractivity contribution in [3.05, 3.63) is 69.2 Å². The van der Waals surface area contributed by atoms with E-state index in [1.165, 1.54) is 0 Å². The van der Waals surface area contributed by atoms with Gasteiger partial charge in [-0.25, -0.2) is 0 Å². The summed E-state index contributed by atoms with van der Waals surface area (Å²) in [7, 11) is 0. The van der Waals surface area contributed by atoms with Crippen LogP contribution in [0.4, 0.5) is 0 Å². The Morgan fingerprint density at radius 1 is 1.09 bits per heavy atom. The van der Waals surface area contributed by atoms with Gasteiger partial charge in [-0.15, -0.1) is 0 Å². The molecule has 1 atom stereocenters. The van der Waals surface area contributed by atoms with Gasteiger partial charge in [0.2, 0.25) is 0 Å². The maximum atomic E-state index is 12.3. The third-order valence-corrected chi connectivity index (χ3v) is 4.07. The van der Waals surface area contributed by atoms with Crippen LogP contribution >= 0.6 is 23.2 Å². The first kappa shape index (κ1) is 17.8. The minimum absolute atomic E-state index is 0.116. The van der Waals surface area contributed by atoms with Crippen molar-refractivity contribution < 1.29 is 15.0 Å². The van der Waals surface area contributed by atoms with Crippen LogP contribution in [-0.2, 0) is 6.42 Å². The van der Waals surface area contributed by atoms with E-state index in [9.17, 15) is 15.0 Å². The molecular formula is C17H17Cl2NO3. The molecule has 0 bridgehead atoms. The summed E-state index contributed by atoms with van der Waals surface area (Å²) in [5, 5.41) is 22.1. The van der Waals surface area contributed by atoms with Crippen LogP contribution < -0.4 is 5.32 Å². The van der Waals surface area contributed by atoms with E-state index in [-0.39, 0.29) is 22.0 Å². The third-order valence-electron chi connectivity index (χ3n) is 3.44. The highest BCUT2D eigenvalue weighted by molar-refractivity contribution is 6.39. The molecule has 23 heavy (non-hydrogen) atoms. The molecular weight excluding hydrogens is 337 g/mol. The van der Waals surface area contributed by atoms with Gasteiger partial charge in [-0.2, -0.15) is 0 Å². The van der Waals surface area contributed by atoms with E-state index >= 15 is 0 Å². The van der Waals surface area contributed by atoms with E-state index < -0.39 is 18.2 Å². The Kier molecular flexibility index (Phi) is 6.02. The molecule has 0 spiro atoms. The van der Waals surface area contributed by atoms with Crippen molar-refractivity contribution >= 4 is 29.1 Å². The second-order valence-corrected chi connectivity index (χ2v) is 6.09. The lowest BCUT2D eigenvalue weighted by molar-refractivity contribution is -0.0647. The van der Waals surface area contributed by atoms with Crippen LogP contribution in [0.15, 0.2) is 42.5 Å². The zero-order chi connectivity index (χ0) is 17.0. The molecule has 3 N–H and O–H groups in total. The van der Waals surface area contributed by atoms with Gasteiger partial charge in [0.05, 0.1) is 21.7 Å². The number of rotatable bonds is 5. The van der Waals surface area contributed by atoms with E-state index in [1.807, 2.05) is 31.2 Å². The second kappa shape index (κ2) is 7.79. The molecule has 0 aliphatic heterocycles. The van der Waals surface area contributed by atoms with Crippen LogP contribution in [0, 0.1) is 6.92 Å². The molecule has 4 nitrogen and oxygen atoms in total. The van der Waals surface area contributed by atoms with Crippen molar-refractivity contribution in [3.63, 3.8) is 0 Å². The number of benzene rings is 2. The molecule has 6 heteroatoms. The summed E-state index contributed by atoms with van der Waals surface area (Å²) >= 11 is 12.0. The monoisotopic (exact) mass is 353 g/mol. The fourth-order valence-corrected chi connectivity index (χ4v) is 2.73. The standard InChI is InChI=1S/C17H17Cl2NO3/c1-10-5-7-11(8-6-10)9-14(17(22)23)20-16(21)15-12(18)3-2-4-13(15)19/h2-8,14,17,22-23H,9H2,1H3,(H,20,21)/t14-/m0/s1. The number of carbonyl (C=O) groups excluding carboxylic acids is 1. The lowest BCUT2D eigenvalue weighted by Gasteiger charge is -2.21. The summed E-state index contributed by atoms with van der Waals surface area (Å²) in [4.78, 5) is 12.3. The Balaban J connectivity index is 2.16. The van der Waals surface area contributed by atoms with Gasteiger partial charge in [0.25, 0.3) is 5.91 Å². The minimum atomic E-state index is -1.71. The summed E-state index contributed by atoms with van der Waals surface area (Å²) < 4.78 is 0. The van der Waals surface area contributed by atoms with Gasteiger partial charge in [0.1, 0.15) is 0 Å². The van der Waals surface area contributed by atoms with Crippen LogP contribution in [0.3, 0.4) is 0 Å². The van der Waals surface area contributed by atoms with Gasteiger partial charge < -0.3 is 15.5 Å². The predicted molar refractivity (Wildman–Crippen MR) is 90.8 cm³/mol. The highest BCUT2D eigenvalue weighted by Gasteiger charge is 2.23. The van der Waals surface area contributed by atoms with Crippen molar-refractivity contribution in [1.29, 1.82) is 0 Å².